The standard InChI is InChI=1S/C26H40BN3O7/c1-23(2,3)35-22(33)30-26(12-14-34-15-13-26)21(32)29-19(20(28)31)16-17-8-10-18(11-9-17)27-36-24(4,5)25(6,7)37-27/h8-11,19H,12-16H2,1-7H3,(H2,28,31)(H,29,32)(H,30,33). The third-order valence-electron chi connectivity index (χ3n) is 7.11. The summed E-state index contributed by atoms with van der Waals surface area (Å²) >= 11 is 0. The van der Waals surface area contributed by atoms with Gasteiger partial charge in [-0.1, -0.05) is 24.3 Å². The number of benzene rings is 1. The first-order valence-corrected chi connectivity index (χ1v) is 12.7. The number of alkyl carbamates (subject to hydrolysis) is 1. The molecule has 204 valence electrons. The molecule has 37 heavy (non-hydrogen) atoms. The molecule has 11 heteroatoms. The molecule has 3 amide bonds. The Morgan fingerprint density at radius 1 is 1.03 bits per heavy atom. The van der Waals surface area contributed by atoms with Gasteiger partial charge in [-0.3, -0.25) is 9.59 Å². The topological polar surface area (TPSA) is 138 Å². The summed E-state index contributed by atoms with van der Waals surface area (Å²) in [6, 6.07) is 6.48. The Balaban J connectivity index is 1.70. The highest BCUT2D eigenvalue weighted by molar-refractivity contribution is 6.62. The molecule has 2 saturated heterocycles. The first kappa shape index (κ1) is 28.9. The van der Waals surface area contributed by atoms with E-state index in [9.17, 15) is 14.4 Å². The second-order valence-corrected chi connectivity index (χ2v) is 11.8. The SMILES string of the molecule is CC(C)(C)OC(=O)NC1(C(=O)NC(Cc2ccc(B3OC(C)(C)C(C)(C)O3)cc2)C(N)=O)CCOCC1. The van der Waals surface area contributed by atoms with Crippen molar-refractivity contribution in [1.29, 1.82) is 0 Å². The molecule has 0 bridgehead atoms. The van der Waals surface area contributed by atoms with Crippen molar-refractivity contribution >= 4 is 30.5 Å². The van der Waals surface area contributed by atoms with E-state index in [4.69, 9.17) is 24.5 Å². The lowest BCUT2D eigenvalue weighted by Gasteiger charge is -2.37. The smallest absolute Gasteiger partial charge is 0.444 e. The molecule has 2 aliphatic heterocycles. The fourth-order valence-electron chi connectivity index (χ4n) is 4.17. The molecule has 2 aliphatic rings. The highest BCUT2D eigenvalue weighted by atomic mass is 16.7. The van der Waals surface area contributed by atoms with Crippen molar-refractivity contribution in [2.45, 2.75) is 96.1 Å². The van der Waals surface area contributed by atoms with E-state index >= 15 is 0 Å². The number of primary amides is 1. The van der Waals surface area contributed by atoms with Gasteiger partial charge in [-0.2, -0.15) is 0 Å². The van der Waals surface area contributed by atoms with E-state index in [1.165, 1.54) is 0 Å². The van der Waals surface area contributed by atoms with Crippen molar-refractivity contribution in [2.24, 2.45) is 5.73 Å². The van der Waals surface area contributed by atoms with Crippen LogP contribution in [0, 0.1) is 0 Å². The maximum absolute atomic E-state index is 13.4. The Morgan fingerprint density at radius 2 is 1.57 bits per heavy atom. The third kappa shape index (κ3) is 7.03. The summed E-state index contributed by atoms with van der Waals surface area (Å²) in [5.41, 5.74) is 4.39. The molecule has 10 nitrogen and oxygen atoms in total. The fraction of sp³-hybridized carbons (Fsp3) is 0.654. The maximum Gasteiger partial charge on any atom is 0.494 e. The van der Waals surface area contributed by atoms with Crippen LogP contribution >= 0.6 is 0 Å². The predicted molar refractivity (Wildman–Crippen MR) is 139 cm³/mol. The van der Waals surface area contributed by atoms with Gasteiger partial charge in [0.05, 0.1) is 11.2 Å². The van der Waals surface area contributed by atoms with Gasteiger partial charge in [-0.05, 0) is 59.5 Å². The van der Waals surface area contributed by atoms with E-state index < -0.39 is 53.4 Å². The summed E-state index contributed by atoms with van der Waals surface area (Å²) in [4.78, 5) is 38.2. The first-order valence-electron chi connectivity index (χ1n) is 12.7. The van der Waals surface area contributed by atoms with Crippen LogP contribution in [0.15, 0.2) is 24.3 Å². The average Bonchev–Trinajstić information content (AvgIpc) is 2.99. The minimum Gasteiger partial charge on any atom is -0.444 e. The number of hydrogen-bond donors (Lipinski definition) is 3. The molecule has 1 unspecified atom stereocenters. The number of carbonyl (C=O) groups excluding carboxylic acids is 3. The predicted octanol–water partition coefficient (Wildman–Crippen LogP) is 1.57. The van der Waals surface area contributed by atoms with Crippen LogP contribution in [-0.4, -0.2) is 66.6 Å². The molecular formula is C26H40BN3O7. The van der Waals surface area contributed by atoms with E-state index in [0.29, 0.717) is 0 Å². The third-order valence-corrected chi connectivity index (χ3v) is 7.11. The summed E-state index contributed by atoms with van der Waals surface area (Å²) in [5, 5.41) is 5.46. The Hall–Kier alpha value is -2.63. The summed E-state index contributed by atoms with van der Waals surface area (Å²) in [6.07, 6.45) is -0.0407. The molecule has 0 saturated carbocycles. The van der Waals surface area contributed by atoms with Crippen LogP contribution in [-0.2, 0) is 34.8 Å². The Bertz CT molecular complexity index is 982. The normalized spacial score (nSPS) is 21.1. The Labute approximate surface area is 219 Å². The lowest BCUT2D eigenvalue weighted by Crippen LogP contribution is -2.64. The van der Waals surface area contributed by atoms with Crippen LogP contribution in [0.4, 0.5) is 4.79 Å². The first-order chi connectivity index (χ1) is 17.0. The zero-order valence-corrected chi connectivity index (χ0v) is 22.9. The van der Waals surface area contributed by atoms with Gasteiger partial charge >= 0.3 is 13.2 Å². The average molecular weight is 517 g/mol. The highest BCUT2D eigenvalue weighted by Gasteiger charge is 2.51. The Morgan fingerprint density at radius 3 is 2.05 bits per heavy atom. The fourth-order valence-corrected chi connectivity index (χ4v) is 4.17. The molecule has 2 heterocycles. The van der Waals surface area contributed by atoms with Crippen molar-refractivity contribution in [3.8, 4) is 0 Å². The number of ether oxygens (including phenoxy) is 2. The molecular weight excluding hydrogens is 477 g/mol. The number of hydrogen-bond acceptors (Lipinski definition) is 7. The van der Waals surface area contributed by atoms with E-state index in [2.05, 4.69) is 10.6 Å². The van der Waals surface area contributed by atoms with Gasteiger partial charge in [-0.15, -0.1) is 0 Å². The van der Waals surface area contributed by atoms with Gasteiger partial charge in [0.25, 0.3) is 0 Å². The summed E-state index contributed by atoms with van der Waals surface area (Å²) in [7, 11) is -0.502. The number of rotatable bonds is 7. The molecule has 0 aliphatic carbocycles. The number of amides is 3. The van der Waals surface area contributed by atoms with Crippen LogP contribution in [0.1, 0.15) is 66.9 Å². The number of nitrogens with one attached hydrogen (secondary N) is 2. The van der Waals surface area contributed by atoms with Gasteiger partial charge in [0.2, 0.25) is 11.8 Å². The lowest BCUT2D eigenvalue weighted by molar-refractivity contribution is -0.135. The van der Waals surface area contributed by atoms with Crippen LogP contribution in [0.2, 0.25) is 0 Å². The lowest BCUT2D eigenvalue weighted by atomic mass is 9.78. The van der Waals surface area contributed by atoms with Crippen LogP contribution < -0.4 is 21.8 Å². The van der Waals surface area contributed by atoms with Crippen molar-refractivity contribution in [3.63, 3.8) is 0 Å². The zero-order valence-electron chi connectivity index (χ0n) is 22.9. The molecule has 3 rings (SSSR count). The van der Waals surface area contributed by atoms with Crippen molar-refractivity contribution in [1.82, 2.24) is 10.6 Å². The highest BCUT2D eigenvalue weighted by Crippen LogP contribution is 2.36. The molecule has 0 spiro atoms. The number of carbonyl (C=O) groups is 3. The van der Waals surface area contributed by atoms with Gasteiger partial charge in [0, 0.05) is 32.5 Å². The summed E-state index contributed by atoms with van der Waals surface area (Å²) < 4.78 is 22.9. The van der Waals surface area contributed by atoms with Crippen LogP contribution in [0.25, 0.3) is 0 Å². The van der Waals surface area contributed by atoms with Crippen molar-refractivity contribution < 1.29 is 33.2 Å². The molecule has 0 aromatic heterocycles. The van der Waals surface area contributed by atoms with Crippen LogP contribution in [0.5, 0.6) is 0 Å². The molecule has 1 aromatic rings. The van der Waals surface area contributed by atoms with Gasteiger partial charge < -0.3 is 35.1 Å². The van der Waals surface area contributed by atoms with Gasteiger partial charge in [0.1, 0.15) is 17.2 Å². The second kappa shape index (κ2) is 10.6. The van der Waals surface area contributed by atoms with Gasteiger partial charge in [0.15, 0.2) is 0 Å². The van der Waals surface area contributed by atoms with Crippen molar-refractivity contribution in [2.75, 3.05) is 13.2 Å². The monoisotopic (exact) mass is 517 g/mol. The minimum absolute atomic E-state index is 0.184. The molecule has 2 fully saturated rings. The largest absolute Gasteiger partial charge is 0.494 e. The van der Waals surface area contributed by atoms with E-state index in [0.717, 1.165) is 11.0 Å². The van der Waals surface area contributed by atoms with E-state index in [1.807, 2.05) is 52.0 Å². The van der Waals surface area contributed by atoms with E-state index in [1.54, 1.807) is 20.8 Å². The number of nitrogens with two attached hydrogens (primary N) is 1. The Kier molecular flexibility index (Phi) is 8.31. The summed E-state index contributed by atoms with van der Waals surface area (Å²) in [5.74, 6) is -1.18. The van der Waals surface area contributed by atoms with E-state index in [-0.39, 0.29) is 32.5 Å². The minimum atomic E-state index is -1.27. The van der Waals surface area contributed by atoms with Crippen LogP contribution in [0.3, 0.4) is 0 Å². The summed E-state index contributed by atoms with van der Waals surface area (Å²) in [6.45, 7) is 13.7. The zero-order chi connectivity index (χ0) is 27.6. The quantitative estimate of drug-likeness (QED) is 0.467. The second-order valence-electron chi connectivity index (χ2n) is 11.8. The van der Waals surface area contributed by atoms with Crippen molar-refractivity contribution in [3.05, 3.63) is 29.8 Å². The van der Waals surface area contributed by atoms with Gasteiger partial charge in [-0.25, -0.2) is 4.79 Å². The molecule has 1 atom stereocenters. The maximum atomic E-state index is 13.4. The molecule has 1 aromatic carbocycles. The molecule has 0 radical (unpaired) electrons. The molecule has 4 N–H and O–H groups in total.